The third-order valence-corrected chi connectivity index (χ3v) is 4.05. The molecule has 1 heterocycles. The van der Waals surface area contributed by atoms with Gasteiger partial charge in [-0.2, -0.15) is 0 Å². The molecule has 2 rings (SSSR count). The Morgan fingerprint density at radius 3 is 2.77 bits per heavy atom. The number of halogens is 1. The fourth-order valence-electron chi connectivity index (χ4n) is 2.33. The van der Waals surface area contributed by atoms with E-state index in [-0.39, 0.29) is 12.4 Å². The molecule has 0 aromatic carbocycles. The Kier molecular flexibility index (Phi) is 5.91. The van der Waals surface area contributed by atoms with Gasteiger partial charge in [0.05, 0.1) is 10.2 Å². The molecule has 1 aliphatic heterocycles. The monoisotopic (exact) mass is 416 g/mol. The summed E-state index contributed by atoms with van der Waals surface area (Å²) >= 11 is 1.86. The van der Waals surface area contributed by atoms with Crippen molar-refractivity contribution in [3.8, 4) is 0 Å². The number of hydrogen-bond donors (Lipinski definition) is 3. The van der Waals surface area contributed by atoms with Gasteiger partial charge in [-0.3, -0.25) is 4.79 Å². The number of Topliss-reactive ketones (excluding diaryl/α,β-unsaturated/α-hetero) is 1. The standard InChI is InChI=1S/C16H17IO5/c1-9(17)13(19)10-4-2-3-5-11(7-6-10)16-15(21)14(20)12(8-18)22-16/h2-4,6,12,14-16,18,20-21H,1,5,8H2/b3-2-,10-4+/t7?,12-,14?,15?,16+/m1/s1. The van der Waals surface area contributed by atoms with Gasteiger partial charge in [-0.15, -0.1) is 5.73 Å². The van der Waals surface area contributed by atoms with Crippen LogP contribution in [-0.2, 0) is 9.53 Å². The highest BCUT2D eigenvalue weighted by atomic mass is 127. The Morgan fingerprint density at radius 1 is 1.45 bits per heavy atom. The van der Waals surface area contributed by atoms with Crippen molar-refractivity contribution in [1.82, 2.24) is 0 Å². The molecule has 4 atom stereocenters. The third kappa shape index (κ3) is 3.65. The van der Waals surface area contributed by atoms with Crippen LogP contribution in [0, 0.1) is 0 Å². The number of carbonyl (C=O) groups is 1. The van der Waals surface area contributed by atoms with Crippen molar-refractivity contribution < 1.29 is 24.9 Å². The number of carbonyl (C=O) groups excluding carboxylic acids is 1. The first-order valence-electron chi connectivity index (χ1n) is 6.79. The summed E-state index contributed by atoms with van der Waals surface area (Å²) in [5, 5.41) is 29.0. The summed E-state index contributed by atoms with van der Waals surface area (Å²) in [6.45, 7) is 3.24. The smallest absolute Gasteiger partial charge is 0.199 e. The quantitative estimate of drug-likeness (QED) is 0.361. The van der Waals surface area contributed by atoms with Gasteiger partial charge in [0.15, 0.2) is 5.78 Å². The van der Waals surface area contributed by atoms with E-state index in [1.807, 2.05) is 28.7 Å². The van der Waals surface area contributed by atoms with Gasteiger partial charge in [0.1, 0.15) is 24.4 Å². The van der Waals surface area contributed by atoms with Crippen LogP contribution in [0.3, 0.4) is 0 Å². The predicted octanol–water partition coefficient (Wildman–Crippen LogP) is 0.953. The van der Waals surface area contributed by atoms with Crippen LogP contribution in [0.25, 0.3) is 0 Å². The van der Waals surface area contributed by atoms with Crippen LogP contribution in [0.2, 0.25) is 0 Å². The van der Waals surface area contributed by atoms with Gasteiger partial charge >= 0.3 is 0 Å². The number of rotatable bonds is 4. The molecule has 0 amide bonds. The Balaban J connectivity index is 2.30. The van der Waals surface area contributed by atoms with Gasteiger partial charge in [-0.1, -0.05) is 24.8 Å². The van der Waals surface area contributed by atoms with E-state index in [2.05, 4.69) is 12.3 Å². The lowest BCUT2D eigenvalue weighted by atomic mass is 9.98. The van der Waals surface area contributed by atoms with Crippen LogP contribution in [0.5, 0.6) is 0 Å². The summed E-state index contributed by atoms with van der Waals surface area (Å²) in [7, 11) is 0. The van der Waals surface area contributed by atoms with Crippen LogP contribution < -0.4 is 0 Å². The Labute approximate surface area is 142 Å². The van der Waals surface area contributed by atoms with E-state index in [1.165, 1.54) is 6.08 Å². The molecule has 0 saturated carbocycles. The molecular weight excluding hydrogens is 399 g/mol. The molecule has 0 bridgehead atoms. The highest BCUT2D eigenvalue weighted by Crippen LogP contribution is 2.28. The third-order valence-electron chi connectivity index (χ3n) is 3.56. The SMILES string of the molecule is C=C(I)C(=O)/C1=C/C=C\CC([C@@H]2O[C@H](CO)C(O)C2O)=C=C1. The maximum absolute atomic E-state index is 12.0. The minimum absolute atomic E-state index is 0.194. The molecular formula is C16H17IO5. The zero-order valence-electron chi connectivity index (χ0n) is 11.8. The summed E-state index contributed by atoms with van der Waals surface area (Å²) in [5.41, 5.74) is 4.01. The minimum Gasteiger partial charge on any atom is -0.394 e. The number of aliphatic hydroxyl groups excluding tert-OH is 3. The summed E-state index contributed by atoms with van der Waals surface area (Å²) in [6.07, 6.45) is 3.35. The highest BCUT2D eigenvalue weighted by Gasteiger charge is 2.43. The number of ketones is 1. The number of allylic oxidation sites excluding steroid dienone is 5. The summed E-state index contributed by atoms with van der Waals surface area (Å²) in [5.74, 6) is -0.194. The summed E-state index contributed by atoms with van der Waals surface area (Å²) < 4.78 is 5.88. The average Bonchev–Trinajstić information content (AvgIpc) is 2.75. The predicted molar refractivity (Wildman–Crippen MR) is 89.4 cm³/mol. The van der Waals surface area contributed by atoms with Crippen molar-refractivity contribution in [2.75, 3.05) is 6.61 Å². The summed E-state index contributed by atoms with van der Waals surface area (Å²) in [4.78, 5) is 12.0. The maximum Gasteiger partial charge on any atom is 0.199 e. The first-order chi connectivity index (χ1) is 10.5. The second-order valence-electron chi connectivity index (χ2n) is 5.06. The van der Waals surface area contributed by atoms with E-state index in [0.29, 0.717) is 21.1 Å². The first kappa shape index (κ1) is 17.3. The van der Waals surface area contributed by atoms with Gasteiger partial charge in [0.2, 0.25) is 0 Å². The fourth-order valence-corrected chi connectivity index (χ4v) is 2.64. The number of ether oxygens (including phenoxy) is 1. The lowest BCUT2D eigenvalue weighted by molar-refractivity contribution is -0.111. The summed E-state index contributed by atoms with van der Waals surface area (Å²) in [6, 6.07) is 0. The molecule has 0 aromatic heterocycles. The lowest BCUT2D eigenvalue weighted by Gasteiger charge is -2.16. The van der Waals surface area contributed by atoms with Crippen molar-refractivity contribution in [3.05, 3.63) is 51.3 Å². The number of hydrogen-bond acceptors (Lipinski definition) is 5. The molecule has 0 radical (unpaired) electrons. The molecule has 6 heteroatoms. The molecule has 2 unspecified atom stereocenters. The fraction of sp³-hybridized carbons (Fsp3) is 0.375. The minimum atomic E-state index is -1.15. The highest BCUT2D eigenvalue weighted by molar-refractivity contribution is 14.1. The van der Waals surface area contributed by atoms with E-state index in [4.69, 9.17) is 9.84 Å². The van der Waals surface area contributed by atoms with Crippen molar-refractivity contribution >= 4 is 28.4 Å². The Morgan fingerprint density at radius 2 is 2.18 bits per heavy atom. The van der Waals surface area contributed by atoms with Gasteiger partial charge in [0.25, 0.3) is 0 Å². The normalized spacial score (nSPS) is 35.1. The van der Waals surface area contributed by atoms with E-state index in [1.54, 1.807) is 12.2 Å². The molecule has 3 N–H and O–H groups in total. The Bertz CT molecular complexity index is 598. The molecule has 0 spiro atoms. The lowest BCUT2D eigenvalue weighted by Crippen LogP contribution is -2.34. The maximum atomic E-state index is 12.0. The zero-order valence-corrected chi connectivity index (χ0v) is 13.9. The van der Waals surface area contributed by atoms with Crippen LogP contribution >= 0.6 is 22.6 Å². The van der Waals surface area contributed by atoms with Crippen molar-refractivity contribution in [3.63, 3.8) is 0 Å². The molecule has 1 aliphatic carbocycles. The second-order valence-corrected chi connectivity index (χ2v) is 6.36. The van der Waals surface area contributed by atoms with Gasteiger partial charge in [-0.05, 0) is 35.1 Å². The van der Waals surface area contributed by atoms with Crippen molar-refractivity contribution in [2.45, 2.75) is 30.8 Å². The molecule has 1 saturated heterocycles. The van der Waals surface area contributed by atoms with E-state index in [0.717, 1.165) is 0 Å². The number of aliphatic hydroxyl groups is 3. The van der Waals surface area contributed by atoms with Crippen LogP contribution in [-0.4, -0.2) is 52.1 Å². The van der Waals surface area contributed by atoms with E-state index >= 15 is 0 Å². The van der Waals surface area contributed by atoms with Crippen molar-refractivity contribution in [1.29, 1.82) is 0 Å². The largest absolute Gasteiger partial charge is 0.394 e. The topological polar surface area (TPSA) is 87.0 Å². The van der Waals surface area contributed by atoms with Gasteiger partial charge < -0.3 is 20.1 Å². The molecule has 118 valence electrons. The van der Waals surface area contributed by atoms with Gasteiger partial charge in [0, 0.05) is 11.1 Å². The van der Waals surface area contributed by atoms with Gasteiger partial charge in [-0.25, -0.2) is 0 Å². The van der Waals surface area contributed by atoms with Crippen LogP contribution in [0.4, 0.5) is 0 Å². The molecule has 0 aromatic rings. The van der Waals surface area contributed by atoms with E-state index in [9.17, 15) is 15.0 Å². The first-order valence-corrected chi connectivity index (χ1v) is 7.87. The van der Waals surface area contributed by atoms with E-state index < -0.39 is 24.4 Å². The molecule has 22 heavy (non-hydrogen) atoms. The Hall–Kier alpha value is -1.02. The average molecular weight is 416 g/mol. The molecule has 2 aliphatic rings. The molecule has 1 fully saturated rings. The molecule has 5 nitrogen and oxygen atoms in total. The second kappa shape index (κ2) is 7.50. The van der Waals surface area contributed by atoms with Crippen molar-refractivity contribution in [2.24, 2.45) is 0 Å². The van der Waals surface area contributed by atoms with Crippen LogP contribution in [0.15, 0.2) is 51.3 Å². The van der Waals surface area contributed by atoms with Crippen LogP contribution in [0.1, 0.15) is 6.42 Å². The zero-order chi connectivity index (χ0) is 16.3.